The summed E-state index contributed by atoms with van der Waals surface area (Å²) in [7, 11) is 0. The van der Waals surface area contributed by atoms with Gasteiger partial charge < -0.3 is 10.6 Å². The largest absolute Gasteiger partial charge is 0.326 e. The molecule has 2 rings (SSSR count). The van der Waals surface area contributed by atoms with Crippen LogP contribution in [0.15, 0.2) is 24.3 Å². The molecular formula is C15H19ClN2O2. The van der Waals surface area contributed by atoms with Crippen molar-refractivity contribution in [3.8, 4) is 0 Å². The van der Waals surface area contributed by atoms with Crippen molar-refractivity contribution in [2.24, 2.45) is 5.92 Å². The number of hydrogen-bond acceptors (Lipinski definition) is 2. The van der Waals surface area contributed by atoms with Gasteiger partial charge in [-0.15, -0.1) is 11.6 Å². The maximum Gasteiger partial charge on any atom is 0.227 e. The van der Waals surface area contributed by atoms with Gasteiger partial charge in [0, 0.05) is 29.6 Å². The molecule has 5 heteroatoms. The summed E-state index contributed by atoms with van der Waals surface area (Å²) in [6.07, 6.45) is 4.10. The number of alkyl halides is 1. The Balaban J connectivity index is 1.78. The lowest BCUT2D eigenvalue weighted by molar-refractivity contribution is -0.117. The number of unbranched alkanes of at least 4 members (excludes halogenated alkanes) is 1. The summed E-state index contributed by atoms with van der Waals surface area (Å²) in [6.45, 7) is 0. The van der Waals surface area contributed by atoms with E-state index >= 15 is 0 Å². The third-order valence-electron chi connectivity index (χ3n) is 3.17. The summed E-state index contributed by atoms with van der Waals surface area (Å²) in [5.41, 5.74) is 1.51. The Morgan fingerprint density at radius 1 is 1.05 bits per heavy atom. The lowest BCUT2D eigenvalue weighted by atomic mass is 10.2. The van der Waals surface area contributed by atoms with Gasteiger partial charge in [-0.1, -0.05) is 0 Å². The quantitative estimate of drug-likeness (QED) is 0.598. The van der Waals surface area contributed by atoms with Crippen molar-refractivity contribution in [3.05, 3.63) is 24.3 Å². The number of rotatable bonds is 7. The highest BCUT2D eigenvalue weighted by Crippen LogP contribution is 2.30. The molecule has 1 fully saturated rings. The number of nitrogens with one attached hydrogen (secondary N) is 2. The Labute approximate surface area is 123 Å². The van der Waals surface area contributed by atoms with Crippen LogP contribution in [0.2, 0.25) is 0 Å². The second kappa shape index (κ2) is 7.29. The molecule has 1 aliphatic rings. The van der Waals surface area contributed by atoms with E-state index in [4.69, 9.17) is 11.6 Å². The summed E-state index contributed by atoms with van der Waals surface area (Å²) in [5, 5.41) is 5.68. The number of carbonyl (C=O) groups excluding carboxylic acids is 2. The van der Waals surface area contributed by atoms with E-state index in [2.05, 4.69) is 10.6 Å². The standard InChI is InChI=1S/C15H19ClN2O2/c16-10-2-1-3-14(19)17-12-6-8-13(9-7-12)18-15(20)11-4-5-11/h6-9,11H,1-5,10H2,(H,17,19)(H,18,20). The van der Waals surface area contributed by atoms with Crippen LogP contribution in [0.1, 0.15) is 32.1 Å². The maximum atomic E-state index is 11.6. The molecule has 0 aliphatic heterocycles. The molecule has 1 saturated carbocycles. The van der Waals surface area contributed by atoms with Crippen molar-refractivity contribution in [3.63, 3.8) is 0 Å². The highest BCUT2D eigenvalue weighted by atomic mass is 35.5. The van der Waals surface area contributed by atoms with Crippen molar-refractivity contribution in [2.45, 2.75) is 32.1 Å². The number of amides is 2. The summed E-state index contributed by atoms with van der Waals surface area (Å²) in [5.74, 6) is 0.854. The molecule has 2 N–H and O–H groups in total. The van der Waals surface area contributed by atoms with Gasteiger partial charge >= 0.3 is 0 Å². The van der Waals surface area contributed by atoms with E-state index < -0.39 is 0 Å². The number of hydrogen-bond donors (Lipinski definition) is 2. The van der Waals surface area contributed by atoms with Crippen LogP contribution in [-0.4, -0.2) is 17.7 Å². The topological polar surface area (TPSA) is 58.2 Å². The smallest absolute Gasteiger partial charge is 0.227 e. The molecule has 0 bridgehead atoms. The Morgan fingerprint density at radius 2 is 1.65 bits per heavy atom. The molecule has 1 aliphatic carbocycles. The molecule has 1 aromatic rings. The Hall–Kier alpha value is -1.55. The Morgan fingerprint density at radius 3 is 2.20 bits per heavy atom. The van der Waals surface area contributed by atoms with E-state index in [-0.39, 0.29) is 17.7 Å². The third-order valence-corrected chi connectivity index (χ3v) is 3.44. The zero-order valence-electron chi connectivity index (χ0n) is 11.3. The third kappa shape index (κ3) is 4.85. The van der Waals surface area contributed by atoms with Gasteiger partial charge in [-0.25, -0.2) is 0 Å². The normalized spacial score (nSPS) is 13.8. The minimum Gasteiger partial charge on any atom is -0.326 e. The van der Waals surface area contributed by atoms with Crippen molar-refractivity contribution in [1.82, 2.24) is 0 Å². The zero-order valence-corrected chi connectivity index (χ0v) is 12.1. The first-order chi connectivity index (χ1) is 9.69. The van der Waals surface area contributed by atoms with Crippen LogP contribution >= 0.6 is 11.6 Å². The molecule has 2 amide bonds. The summed E-state index contributed by atoms with van der Waals surface area (Å²) < 4.78 is 0. The number of benzene rings is 1. The first-order valence-electron chi connectivity index (χ1n) is 6.96. The van der Waals surface area contributed by atoms with Gasteiger partial charge in [0.15, 0.2) is 0 Å². The minimum atomic E-state index is -0.00937. The van der Waals surface area contributed by atoms with E-state index in [9.17, 15) is 9.59 Å². The average molecular weight is 295 g/mol. The number of anilines is 2. The lowest BCUT2D eigenvalue weighted by Crippen LogP contribution is -2.14. The van der Waals surface area contributed by atoms with Crippen LogP contribution in [-0.2, 0) is 9.59 Å². The first-order valence-corrected chi connectivity index (χ1v) is 7.49. The van der Waals surface area contributed by atoms with Crippen molar-refractivity contribution in [1.29, 1.82) is 0 Å². The fourth-order valence-corrected chi connectivity index (χ4v) is 2.02. The fourth-order valence-electron chi connectivity index (χ4n) is 1.83. The van der Waals surface area contributed by atoms with Gasteiger partial charge in [-0.3, -0.25) is 9.59 Å². The summed E-state index contributed by atoms with van der Waals surface area (Å²) in [6, 6.07) is 7.19. The van der Waals surface area contributed by atoms with Gasteiger partial charge in [0.1, 0.15) is 0 Å². The van der Waals surface area contributed by atoms with Gasteiger partial charge in [-0.2, -0.15) is 0 Å². The zero-order chi connectivity index (χ0) is 14.4. The highest BCUT2D eigenvalue weighted by molar-refractivity contribution is 6.17. The van der Waals surface area contributed by atoms with E-state index in [0.717, 1.165) is 37.1 Å². The molecule has 0 heterocycles. The SMILES string of the molecule is O=C(CCCCCl)Nc1ccc(NC(=O)C2CC2)cc1. The van der Waals surface area contributed by atoms with Crippen LogP contribution in [0.4, 0.5) is 11.4 Å². The molecule has 4 nitrogen and oxygen atoms in total. The molecule has 0 radical (unpaired) electrons. The number of halogens is 1. The van der Waals surface area contributed by atoms with E-state index in [0.29, 0.717) is 12.3 Å². The molecular weight excluding hydrogens is 276 g/mol. The van der Waals surface area contributed by atoms with E-state index in [1.807, 2.05) is 0 Å². The summed E-state index contributed by atoms with van der Waals surface area (Å²) >= 11 is 5.56. The fraction of sp³-hybridized carbons (Fsp3) is 0.467. The monoisotopic (exact) mass is 294 g/mol. The van der Waals surface area contributed by atoms with Crippen LogP contribution in [0.3, 0.4) is 0 Å². The molecule has 1 aromatic carbocycles. The molecule has 0 saturated heterocycles. The lowest BCUT2D eigenvalue weighted by Gasteiger charge is -2.07. The van der Waals surface area contributed by atoms with Gasteiger partial charge in [0.25, 0.3) is 0 Å². The first kappa shape index (κ1) is 14.9. The Bertz CT molecular complexity index is 469. The Kier molecular flexibility index (Phi) is 5.41. The molecule has 108 valence electrons. The average Bonchev–Trinajstić information content (AvgIpc) is 3.26. The van der Waals surface area contributed by atoms with Gasteiger partial charge in [-0.05, 0) is 49.9 Å². The van der Waals surface area contributed by atoms with Gasteiger partial charge in [0.2, 0.25) is 11.8 Å². The maximum absolute atomic E-state index is 11.6. The molecule has 0 unspecified atom stereocenters. The van der Waals surface area contributed by atoms with Crippen LogP contribution in [0, 0.1) is 5.92 Å². The highest BCUT2D eigenvalue weighted by Gasteiger charge is 2.29. The molecule has 0 aromatic heterocycles. The second-order valence-corrected chi connectivity index (χ2v) is 5.41. The summed E-state index contributed by atoms with van der Waals surface area (Å²) in [4.78, 5) is 23.2. The minimum absolute atomic E-state index is 0.00937. The van der Waals surface area contributed by atoms with Gasteiger partial charge in [0.05, 0.1) is 0 Å². The molecule has 20 heavy (non-hydrogen) atoms. The van der Waals surface area contributed by atoms with Crippen molar-refractivity contribution < 1.29 is 9.59 Å². The van der Waals surface area contributed by atoms with Crippen LogP contribution in [0.5, 0.6) is 0 Å². The van der Waals surface area contributed by atoms with Crippen molar-refractivity contribution in [2.75, 3.05) is 16.5 Å². The predicted octanol–water partition coefficient (Wildman–Crippen LogP) is 3.38. The van der Waals surface area contributed by atoms with Crippen LogP contribution < -0.4 is 10.6 Å². The number of carbonyl (C=O) groups is 2. The van der Waals surface area contributed by atoms with Crippen LogP contribution in [0.25, 0.3) is 0 Å². The van der Waals surface area contributed by atoms with Crippen molar-refractivity contribution >= 4 is 34.8 Å². The predicted molar refractivity (Wildman–Crippen MR) is 81.0 cm³/mol. The molecule has 0 atom stereocenters. The molecule has 0 spiro atoms. The van der Waals surface area contributed by atoms with E-state index in [1.54, 1.807) is 24.3 Å². The van der Waals surface area contributed by atoms with E-state index in [1.165, 1.54) is 0 Å². The second-order valence-electron chi connectivity index (χ2n) is 5.04.